The summed E-state index contributed by atoms with van der Waals surface area (Å²) in [6.45, 7) is 0. The number of aryl methyl sites for hydroxylation is 1. The van der Waals surface area contributed by atoms with E-state index in [-0.39, 0.29) is 37.3 Å². The number of nitrogens with one attached hydrogen (secondary N) is 1. The average Bonchev–Trinajstić information content (AvgIpc) is 2.91. The minimum atomic E-state index is -2.67. The Labute approximate surface area is 143 Å². The lowest BCUT2D eigenvalue weighted by Crippen LogP contribution is -2.32. The molecule has 5 nitrogen and oxygen atoms in total. The van der Waals surface area contributed by atoms with E-state index in [1.807, 2.05) is 0 Å². The van der Waals surface area contributed by atoms with Gasteiger partial charge in [-0.25, -0.2) is 13.2 Å². The van der Waals surface area contributed by atoms with Crippen LogP contribution in [0.4, 0.5) is 24.7 Å². The molecule has 1 fully saturated rings. The molecule has 0 unspecified atom stereocenters. The molecule has 1 aromatic carbocycles. The minimum Gasteiger partial charge on any atom is -0.396 e. The Morgan fingerprint density at radius 3 is 2.64 bits per heavy atom. The van der Waals surface area contributed by atoms with E-state index in [9.17, 15) is 18.0 Å². The van der Waals surface area contributed by atoms with E-state index >= 15 is 0 Å². The third-order valence-electron chi connectivity index (χ3n) is 4.52. The zero-order chi connectivity index (χ0) is 18.2. The second kappa shape index (κ2) is 6.42. The molecule has 2 aromatic rings. The molecule has 0 atom stereocenters. The lowest BCUT2D eigenvalue weighted by molar-refractivity contribution is -0.124. The molecule has 0 aliphatic heterocycles. The van der Waals surface area contributed by atoms with Gasteiger partial charge >= 0.3 is 0 Å². The van der Waals surface area contributed by atoms with Crippen LogP contribution >= 0.6 is 0 Å². The van der Waals surface area contributed by atoms with Gasteiger partial charge in [-0.1, -0.05) is 6.07 Å². The molecule has 134 valence electrons. The van der Waals surface area contributed by atoms with Crippen LogP contribution in [0.25, 0.3) is 11.3 Å². The highest BCUT2D eigenvalue weighted by atomic mass is 19.3. The molecule has 0 spiro atoms. The largest absolute Gasteiger partial charge is 0.396 e. The van der Waals surface area contributed by atoms with Crippen LogP contribution in [-0.2, 0) is 11.8 Å². The Balaban J connectivity index is 1.72. The van der Waals surface area contributed by atoms with Crippen LogP contribution in [0.15, 0.2) is 24.3 Å². The normalized spacial score (nSPS) is 17.4. The number of rotatable bonds is 3. The van der Waals surface area contributed by atoms with Gasteiger partial charge in [-0.3, -0.25) is 9.48 Å². The number of carbonyl (C=O) groups is 1. The van der Waals surface area contributed by atoms with Gasteiger partial charge in [0.2, 0.25) is 11.8 Å². The zero-order valence-electron chi connectivity index (χ0n) is 13.7. The summed E-state index contributed by atoms with van der Waals surface area (Å²) in [4.78, 5) is 12.3. The number of aromatic nitrogens is 2. The van der Waals surface area contributed by atoms with Gasteiger partial charge < -0.3 is 11.1 Å². The number of carbonyl (C=O) groups excluding carboxylic acids is 1. The van der Waals surface area contributed by atoms with Gasteiger partial charge in [-0.05, 0) is 25.0 Å². The van der Waals surface area contributed by atoms with Gasteiger partial charge in [0.1, 0.15) is 11.6 Å². The van der Waals surface area contributed by atoms with Crippen molar-refractivity contribution in [2.24, 2.45) is 13.0 Å². The standard InChI is InChI=1S/C17H19F3N4O/c1-24-15(22-16(25)10-4-6-17(19,20)7-5-10)9-14(23-24)11-2-3-13(21)12(18)8-11/h2-3,8-10H,4-7,21H2,1H3,(H,22,25). The van der Waals surface area contributed by atoms with Crippen molar-refractivity contribution in [1.82, 2.24) is 9.78 Å². The number of anilines is 2. The molecule has 1 saturated carbocycles. The second-order valence-electron chi connectivity index (χ2n) is 6.39. The monoisotopic (exact) mass is 352 g/mol. The summed E-state index contributed by atoms with van der Waals surface area (Å²) in [5.41, 5.74) is 6.51. The third kappa shape index (κ3) is 3.78. The first-order valence-corrected chi connectivity index (χ1v) is 8.03. The Hall–Kier alpha value is -2.51. The molecular formula is C17H19F3N4O. The van der Waals surface area contributed by atoms with Gasteiger partial charge in [0.25, 0.3) is 0 Å². The molecule has 3 N–H and O–H groups in total. The van der Waals surface area contributed by atoms with E-state index in [0.717, 1.165) is 0 Å². The molecule has 1 aromatic heterocycles. The Bertz CT molecular complexity index is 793. The van der Waals surface area contributed by atoms with Crippen molar-refractivity contribution in [3.8, 4) is 11.3 Å². The summed E-state index contributed by atoms with van der Waals surface area (Å²) < 4.78 is 41.5. The van der Waals surface area contributed by atoms with Gasteiger partial charge in [-0.15, -0.1) is 0 Å². The van der Waals surface area contributed by atoms with Crippen molar-refractivity contribution in [3.05, 3.63) is 30.1 Å². The minimum absolute atomic E-state index is 0.0438. The van der Waals surface area contributed by atoms with E-state index in [1.165, 1.54) is 16.8 Å². The highest BCUT2D eigenvalue weighted by Crippen LogP contribution is 2.36. The molecule has 0 bridgehead atoms. The Kier molecular flexibility index (Phi) is 4.45. The Morgan fingerprint density at radius 2 is 2.00 bits per heavy atom. The molecule has 25 heavy (non-hydrogen) atoms. The van der Waals surface area contributed by atoms with Gasteiger partial charge in [0.15, 0.2) is 0 Å². The van der Waals surface area contributed by atoms with Crippen LogP contribution in [0.5, 0.6) is 0 Å². The highest BCUT2D eigenvalue weighted by molar-refractivity contribution is 5.92. The third-order valence-corrected chi connectivity index (χ3v) is 4.52. The van der Waals surface area contributed by atoms with Crippen molar-refractivity contribution in [3.63, 3.8) is 0 Å². The number of hydrogen-bond donors (Lipinski definition) is 2. The number of amides is 1. The van der Waals surface area contributed by atoms with Gasteiger partial charge in [-0.2, -0.15) is 5.10 Å². The lowest BCUT2D eigenvalue weighted by Gasteiger charge is -2.27. The maximum absolute atomic E-state index is 13.6. The predicted octanol–water partition coefficient (Wildman–Crippen LogP) is 3.57. The summed E-state index contributed by atoms with van der Waals surface area (Å²) in [5.74, 6) is -3.53. The first kappa shape index (κ1) is 17.3. The van der Waals surface area contributed by atoms with Gasteiger partial charge in [0.05, 0.1) is 11.4 Å². The summed E-state index contributed by atoms with van der Waals surface area (Å²) in [6, 6.07) is 5.96. The SMILES string of the molecule is Cn1nc(-c2ccc(N)c(F)c2)cc1NC(=O)C1CCC(F)(F)CC1. The fraction of sp³-hybridized carbons (Fsp3) is 0.412. The molecule has 3 rings (SSSR count). The quantitative estimate of drug-likeness (QED) is 0.830. The maximum Gasteiger partial charge on any atom is 0.248 e. The van der Waals surface area contributed by atoms with E-state index in [0.29, 0.717) is 17.1 Å². The van der Waals surface area contributed by atoms with Crippen molar-refractivity contribution in [2.75, 3.05) is 11.1 Å². The molecule has 1 heterocycles. The summed E-state index contributed by atoms with van der Waals surface area (Å²) in [7, 11) is 1.64. The number of nitrogen functional groups attached to an aromatic ring is 1. The molecule has 0 saturated heterocycles. The van der Waals surface area contributed by atoms with E-state index < -0.39 is 17.7 Å². The van der Waals surface area contributed by atoms with Crippen molar-refractivity contribution in [2.45, 2.75) is 31.6 Å². The van der Waals surface area contributed by atoms with Crippen LogP contribution in [0.2, 0.25) is 0 Å². The van der Waals surface area contributed by atoms with Crippen LogP contribution in [0.1, 0.15) is 25.7 Å². The molecule has 0 radical (unpaired) electrons. The smallest absolute Gasteiger partial charge is 0.248 e. The number of alkyl halides is 2. The zero-order valence-corrected chi connectivity index (χ0v) is 13.7. The van der Waals surface area contributed by atoms with Crippen molar-refractivity contribution < 1.29 is 18.0 Å². The second-order valence-corrected chi connectivity index (χ2v) is 6.39. The molecule has 1 amide bonds. The van der Waals surface area contributed by atoms with Crippen molar-refractivity contribution in [1.29, 1.82) is 0 Å². The lowest BCUT2D eigenvalue weighted by atomic mass is 9.86. The predicted molar refractivity (Wildman–Crippen MR) is 88.5 cm³/mol. The van der Waals surface area contributed by atoms with Gasteiger partial charge in [0, 0.05) is 37.4 Å². The number of hydrogen-bond acceptors (Lipinski definition) is 3. The number of benzene rings is 1. The Morgan fingerprint density at radius 1 is 1.32 bits per heavy atom. The maximum atomic E-state index is 13.6. The highest BCUT2D eigenvalue weighted by Gasteiger charge is 2.37. The molecular weight excluding hydrogens is 333 g/mol. The molecule has 1 aliphatic rings. The summed E-state index contributed by atoms with van der Waals surface area (Å²) in [5, 5.41) is 6.97. The molecule has 8 heteroatoms. The number of nitrogens with zero attached hydrogens (tertiary/aromatic N) is 2. The number of nitrogens with two attached hydrogens (primary N) is 1. The van der Waals surface area contributed by atoms with E-state index in [4.69, 9.17) is 5.73 Å². The summed E-state index contributed by atoms with van der Waals surface area (Å²) in [6.07, 6.45) is -0.224. The number of halogens is 3. The van der Waals surface area contributed by atoms with Crippen LogP contribution in [0.3, 0.4) is 0 Å². The molecule has 1 aliphatic carbocycles. The topological polar surface area (TPSA) is 72.9 Å². The van der Waals surface area contributed by atoms with E-state index in [1.54, 1.807) is 19.2 Å². The first-order valence-electron chi connectivity index (χ1n) is 8.03. The fourth-order valence-corrected chi connectivity index (χ4v) is 2.94. The first-order chi connectivity index (χ1) is 11.7. The van der Waals surface area contributed by atoms with Crippen LogP contribution in [-0.4, -0.2) is 21.6 Å². The van der Waals surface area contributed by atoms with Crippen LogP contribution < -0.4 is 11.1 Å². The van der Waals surface area contributed by atoms with Crippen LogP contribution in [0, 0.1) is 11.7 Å². The fourth-order valence-electron chi connectivity index (χ4n) is 2.94. The van der Waals surface area contributed by atoms with E-state index in [2.05, 4.69) is 10.4 Å². The van der Waals surface area contributed by atoms with Crippen molar-refractivity contribution >= 4 is 17.4 Å². The average molecular weight is 352 g/mol. The summed E-state index contributed by atoms with van der Waals surface area (Å²) >= 11 is 0.